The number of aromatic nitrogens is 2. The summed E-state index contributed by atoms with van der Waals surface area (Å²) in [5.41, 5.74) is 3.64. The molecule has 0 radical (unpaired) electrons. The largest absolute Gasteiger partial charge is 0.356 e. The monoisotopic (exact) mass is 403 g/mol. The van der Waals surface area contributed by atoms with Crippen LogP contribution in [0.15, 0.2) is 4.99 Å². The molecular weight excluding hydrogens is 366 g/mol. The van der Waals surface area contributed by atoms with Crippen LogP contribution in [-0.2, 0) is 18.3 Å². The average Bonchev–Trinajstić information content (AvgIpc) is 3.34. The van der Waals surface area contributed by atoms with Crippen molar-refractivity contribution in [3.05, 3.63) is 17.0 Å². The lowest BCUT2D eigenvalue weighted by Gasteiger charge is -2.39. The second kappa shape index (κ2) is 9.61. The van der Waals surface area contributed by atoms with Crippen molar-refractivity contribution in [2.75, 3.05) is 52.9 Å². The van der Waals surface area contributed by atoms with Crippen molar-refractivity contribution in [3.63, 3.8) is 0 Å². The van der Waals surface area contributed by atoms with Crippen molar-refractivity contribution in [2.45, 2.75) is 46.1 Å². The van der Waals surface area contributed by atoms with E-state index in [1.165, 1.54) is 11.3 Å². The maximum absolute atomic E-state index is 12.7. The fourth-order valence-corrected chi connectivity index (χ4v) is 4.49. The standard InChI is InChI=1S/C21H37N7O/c1-16-19(17(2)25(5)24-16)8-9-23-21(22-4)28-14-12-26(13-15-28)18(3)20(29)27-10-6-7-11-27/h18H,6-15H2,1-5H3,(H,22,23). The Balaban J connectivity index is 1.46. The van der Waals surface area contributed by atoms with Gasteiger partial charge in [0.05, 0.1) is 11.7 Å². The first-order valence-electron chi connectivity index (χ1n) is 10.9. The van der Waals surface area contributed by atoms with Gasteiger partial charge >= 0.3 is 0 Å². The summed E-state index contributed by atoms with van der Waals surface area (Å²) >= 11 is 0. The molecule has 1 unspecified atom stereocenters. The molecule has 1 amide bonds. The van der Waals surface area contributed by atoms with Gasteiger partial charge in [0.25, 0.3) is 0 Å². The van der Waals surface area contributed by atoms with Gasteiger partial charge in [-0.1, -0.05) is 0 Å². The van der Waals surface area contributed by atoms with Crippen molar-refractivity contribution >= 4 is 11.9 Å². The molecule has 2 aliphatic rings. The summed E-state index contributed by atoms with van der Waals surface area (Å²) in [7, 11) is 3.84. The van der Waals surface area contributed by atoms with Crippen LogP contribution >= 0.6 is 0 Å². The molecule has 0 saturated carbocycles. The highest BCUT2D eigenvalue weighted by molar-refractivity contribution is 5.82. The van der Waals surface area contributed by atoms with E-state index in [0.29, 0.717) is 5.91 Å². The normalized spacial score (nSPS) is 19.7. The Hall–Kier alpha value is -2.09. The SMILES string of the molecule is CN=C(NCCc1c(C)nn(C)c1C)N1CCN(C(C)C(=O)N2CCCC2)CC1. The van der Waals surface area contributed by atoms with E-state index in [9.17, 15) is 4.79 Å². The number of aliphatic imine (C=N–C) groups is 1. The zero-order valence-electron chi connectivity index (χ0n) is 18.7. The minimum Gasteiger partial charge on any atom is -0.356 e. The first-order chi connectivity index (χ1) is 13.9. The van der Waals surface area contributed by atoms with Crippen molar-refractivity contribution in [2.24, 2.45) is 12.0 Å². The lowest BCUT2D eigenvalue weighted by atomic mass is 10.1. The Morgan fingerprint density at radius 1 is 1.10 bits per heavy atom. The molecule has 0 spiro atoms. The van der Waals surface area contributed by atoms with Crippen molar-refractivity contribution in [1.29, 1.82) is 0 Å². The van der Waals surface area contributed by atoms with Crippen LogP contribution in [-0.4, -0.2) is 95.2 Å². The molecule has 1 aromatic rings. The molecule has 0 aliphatic carbocycles. The fourth-order valence-electron chi connectivity index (χ4n) is 4.49. The predicted octanol–water partition coefficient (Wildman–Crippen LogP) is 0.783. The fraction of sp³-hybridized carbons (Fsp3) is 0.762. The van der Waals surface area contributed by atoms with Gasteiger partial charge in [0.15, 0.2) is 5.96 Å². The number of hydrogen-bond donors (Lipinski definition) is 1. The van der Waals surface area contributed by atoms with E-state index in [0.717, 1.165) is 76.7 Å². The van der Waals surface area contributed by atoms with Gasteiger partial charge in [-0.05, 0) is 45.6 Å². The lowest BCUT2D eigenvalue weighted by molar-refractivity contribution is -0.135. The molecule has 8 heteroatoms. The Kier molecular flexibility index (Phi) is 7.16. The van der Waals surface area contributed by atoms with Crippen LogP contribution in [0.3, 0.4) is 0 Å². The maximum atomic E-state index is 12.7. The average molecular weight is 404 g/mol. The number of carbonyl (C=O) groups is 1. The van der Waals surface area contributed by atoms with E-state index < -0.39 is 0 Å². The number of guanidine groups is 1. The number of nitrogens with one attached hydrogen (secondary N) is 1. The van der Waals surface area contributed by atoms with E-state index in [1.54, 1.807) is 0 Å². The van der Waals surface area contributed by atoms with Crippen LogP contribution in [0.5, 0.6) is 0 Å². The molecule has 29 heavy (non-hydrogen) atoms. The number of likely N-dealkylation sites (tertiary alicyclic amines) is 1. The van der Waals surface area contributed by atoms with E-state index in [4.69, 9.17) is 0 Å². The van der Waals surface area contributed by atoms with Crippen LogP contribution in [0.4, 0.5) is 0 Å². The van der Waals surface area contributed by atoms with E-state index in [2.05, 4.69) is 46.0 Å². The summed E-state index contributed by atoms with van der Waals surface area (Å²) in [6.45, 7) is 12.5. The first-order valence-corrected chi connectivity index (χ1v) is 10.9. The number of piperazine rings is 1. The van der Waals surface area contributed by atoms with Gasteiger partial charge in [-0.25, -0.2) is 0 Å². The third-order valence-corrected chi connectivity index (χ3v) is 6.47. The molecular formula is C21H37N7O. The second-order valence-corrected chi connectivity index (χ2v) is 8.23. The Morgan fingerprint density at radius 3 is 2.31 bits per heavy atom. The van der Waals surface area contributed by atoms with E-state index >= 15 is 0 Å². The van der Waals surface area contributed by atoms with Crippen molar-refractivity contribution in [1.82, 2.24) is 29.8 Å². The molecule has 162 valence electrons. The smallest absolute Gasteiger partial charge is 0.239 e. The summed E-state index contributed by atoms with van der Waals surface area (Å²) in [6.07, 6.45) is 3.23. The number of nitrogens with zero attached hydrogens (tertiary/aromatic N) is 6. The molecule has 1 N–H and O–H groups in total. The number of amides is 1. The van der Waals surface area contributed by atoms with Crippen molar-refractivity contribution in [3.8, 4) is 0 Å². The molecule has 0 aromatic carbocycles. The van der Waals surface area contributed by atoms with E-state index in [1.807, 2.05) is 23.7 Å². The minimum atomic E-state index is -0.0262. The molecule has 1 aromatic heterocycles. The molecule has 0 bridgehead atoms. The molecule has 2 saturated heterocycles. The molecule has 3 rings (SSSR count). The van der Waals surface area contributed by atoms with E-state index in [-0.39, 0.29) is 6.04 Å². The lowest BCUT2D eigenvalue weighted by Crippen LogP contribution is -2.57. The zero-order chi connectivity index (χ0) is 21.0. The van der Waals surface area contributed by atoms with Gasteiger partial charge in [0.2, 0.25) is 5.91 Å². The maximum Gasteiger partial charge on any atom is 0.239 e. The summed E-state index contributed by atoms with van der Waals surface area (Å²) in [6, 6.07) is -0.0262. The van der Waals surface area contributed by atoms with Crippen LogP contribution < -0.4 is 5.32 Å². The summed E-state index contributed by atoms with van der Waals surface area (Å²) in [5, 5.41) is 8.01. The minimum absolute atomic E-state index is 0.0262. The molecule has 1 atom stereocenters. The summed E-state index contributed by atoms with van der Waals surface area (Å²) < 4.78 is 1.95. The summed E-state index contributed by atoms with van der Waals surface area (Å²) in [4.78, 5) is 23.8. The Bertz CT molecular complexity index is 728. The molecule has 2 aliphatic heterocycles. The first kappa shape index (κ1) is 21.6. The number of aryl methyl sites for hydroxylation is 2. The second-order valence-electron chi connectivity index (χ2n) is 8.23. The van der Waals surface area contributed by atoms with Gasteiger partial charge in [-0.15, -0.1) is 0 Å². The highest BCUT2D eigenvalue weighted by Gasteiger charge is 2.30. The van der Waals surface area contributed by atoms with Gasteiger partial charge in [0, 0.05) is 65.6 Å². The van der Waals surface area contributed by atoms with Crippen molar-refractivity contribution < 1.29 is 4.79 Å². The Labute approximate surface area is 174 Å². The highest BCUT2D eigenvalue weighted by atomic mass is 16.2. The Morgan fingerprint density at radius 2 is 1.76 bits per heavy atom. The summed E-state index contributed by atoms with van der Waals surface area (Å²) in [5.74, 6) is 1.24. The molecule has 2 fully saturated rings. The highest BCUT2D eigenvalue weighted by Crippen LogP contribution is 2.14. The van der Waals surface area contributed by atoms with Crippen LogP contribution in [0.2, 0.25) is 0 Å². The zero-order valence-corrected chi connectivity index (χ0v) is 18.7. The number of carbonyl (C=O) groups excluding carboxylic acids is 1. The van der Waals surface area contributed by atoms with Gasteiger partial charge in [0.1, 0.15) is 0 Å². The third kappa shape index (κ3) is 4.91. The number of rotatable bonds is 5. The van der Waals surface area contributed by atoms with Gasteiger partial charge in [-0.2, -0.15) is 5.10 Å². The number of hydrogen-bond acceptors (Lipinski definition) is 4. The quantitative estimate of drug-likeness (QED) is 0.581. The van der Waals surface area contributed by atoms with Gasteiger partial charge in [-0.3, -0.25) is 19.4 Å². The van der Waals surface area contributed by atoms with Crippen LogP contribution in [0.25, 0.3) is 0 Å². The topological polar surface area (TPSA) is 69.0 Å². The van der Waals surface area contributed by atoms with Crippen LogP contribution in [0, 0.1) is 13.8 Å². The molecule has 3 heterocycles. The third-order valence-electron chi connectivity index (χ3n) is 6.47. The predicted molar refractivity (Wildman–Crippen MR) is 116 cm³/mol. The molecule has 8 nitrogen and oxygen atoms in total. The van der Waals surface area contributed by atoms with Gasteiger partial charge < -0.3 is 15.1 Å². The van der Waals surface area contributed by atoms with Crippen LogP contribution in [0.1, 0.15) is 36.7 Å².